The molecule has 1 aliphatic heterocycles. The first-order valence-electron chi connectivity index (χ1n) is 13.6. The number of likely N-dealkylation sites (tertiary alicyclic amines) is 1. The highest BCUT2D eigenvalue weighted by Crippen LogP contribution is 2.69. The van der Waals surface area contributed by atoms with Crippen molar-refractivity contribution in [1.82, 2.24) is 4.90 Å². The van der Waals surface area contributed by atoms with Crippen LogP contribution in [0.25, 0.3) is 0 Å². The lowest BCUT2D eigenvalue weighted by molar-refractivity contribution is -0.121. The van der Waals surface area contributed by atoms with Crippen LogP contribution in [0.15, 0.2) is 60.5 Å². The highest BCUT2D eigenvalue weighted by molar-refractivity contribution is 5.98. The molecule has 1 amide bonds. The normalized spacial score (nSPS) is 23.7. The van der Waals surface area contributed by atoms with Crippen molar-refractivity contribution in [2.45, 2.75) is 53.0 Å². The lowest BCUT2D eigenvalue weighted by atomic mass is 9.99. The van der Waals surface area contributed by atoms with Gasteiger partial charge in [-0.05, 0) is 47.7 Å². The van der Waals surface area contributed by atoms with Crippen molar-refractivity contribution in [2.75, 3.05) is 24.5 Å². The first kappa shape index (κ1) is 15.6. The maximum absolute atomic E-state index is 14.0. The second-order valence-electron chi connectivity index (χ2n) is 9.87. The molecule has 1 saturated heterocycles. The van der Waals surface area contributed by atoms with Crippen molar-refractivity contribution in [3.63, 3.8) is 0 Å². The van der Waals surface area contributed by atoms with Crippen molar-refractivity contribution >= 4 is 11.6 Å². The van der Waals surface area contributed by atoms with Gasteiger partial charge in [0, 0.05) is 37.3 Å². The van der Waals surface area contributed by atoms with E-state index in [4.69, 9.17) is 6.85 Å². The third-order valence-electron chi connectivity index (χ3n) is 7.71. The van der Waals surface area contributed by atoms with Crippen LogP contribution in [-0.4, -0.2) is 36.5 Å². The summed E-state index contributed by atoms with van der Waals surface area (Å²) in [5, 5.41) is 0. The molecule has 3 heteroatoms. The van der Waals surface area contributed by atoms with Crippen LogP contribution in [0.3, 0.4) is 0 Å². The predicted molar refractivity (Wildman–Crippen MR) is 125 cm³/mol. The van der Waals surface area contributed by atoms with E-state index in [2.05, 4.69) is 44.7 Å². The molecule has 1 heterocycles. The van der Waals surface area contributed by atoms with E-state index in [-0.39, 0.29) is 46.5 Å². The Hall–Kier alpha value is -2.13. The number of hydrogen-bond donors (Lipinski definition) is 0. The number of anilines is 1. The molecule has 1 aliphatic carbocycles. The molecule has 160 valence electrons. The maximum Gasteiger partial charge on any atom is 0.231 e. The smallest absolute Gasteiger partial charge is 0.231 e. The number of amides is 1. The average Bonchev–Trinajstić information content (AvgIpc) is 3.26. The fourth-order valence-corrected chi connectivity index (χ4v) is 5.12. The topological polar surface area (TPSA) is 23.6 Å². The van der Waals surface area contributed by atoms with Crippen LogP contribution in [-0.2, 0) is 11.2 Å². The van der Waals surface area contributed by atoms with Gasteiger partial charge in [-0.2, -0.15) is 0 Å². The number of piperidine rings is 1. The third-order valence-corrected chi connectivity index (χ3v) is 7.71. The lowest BCUT2D eigenvalue weighted by Gasteiger charge is -2.39. The second kappa shape index (κ2) is 8.19. The summed E-state index contributed by atoms with van der Waals surface area (Å²) in [5.41, 5.74) is 0.893. The Bertz CT molecular complexity index is 1070. The predicted octanol–water partition coefficient (Wildman–Crippen LogP) is 5.41. The zero-order valence-electron chi connectivity index (χ0n) is 23.6. The van der Waals surface area contributed by atoms with Crippen molar-refractivity contribution in [3.8, 4) is 0 Å². The van der Waals surface area contributed by atoms with E-state index in [9.17, 15) is 4.79 Å². The van der Waals surface area contributed by atoms with Crippen molar-refractivity contribution < 1.29 is 11.6 Å². The van der Waals surface area contributed by atoms with Gasteiger partial charge >= 0.3 is 0 Å². The van der Waals surface area contributed by atoms with Gasteiger partial charge < -0.3 is 9.80 Å². The summed E-state index contributed by atoms with van der Waals surface area (Å²) in [6.45, 7) is 10.8. The minimum atomic E-state index is -0.432. The van der Waals surface area contributed by atoms with E-state index >= 15 is 0 Å². The monoisotopic (exact) mass is 409 g/mol. The van der Waals surface area contributed by atoms with Gasteiger partial charge in [0.2, 0.25) is 5.91 Å². The standard InChI is InChI=1S/C27H36N2O/c1-26(2)24(27(26,3)4)25(30)29(22-13-9-6-10-14-22)23-16-19-28(20-17-23)18-15-21-11-7-5-8-12-21/h5-14,23-24H,15-20H2,1-4H3/i6D,9D,10D,13D,14D. The molecule has 0 unspecified atom stereocenters. The molecule has 2 aliphatic rings. The zero-order valence-corrected chi connectivity index (χ0v) is 18.6. The quantitative estimate of drug-likeness (QED) is 0.637. The molecule has 1 saturated carbocycles. The van der Waals surface area contributed by atoms with Gasteiger partial charge in [0.1, 0.15) is 0 Å². The molecular formula is C27H36N2O. The fourth-order valence-electron chi connectivity index (χ4n) is 5.12. The van der Waals surface area contributed by atoms with E-state index in [1.165, 1.54) is 5.56 Å². The molecule has 0 N–H and O–H groups in total. The molecule has 0 spiro atoms. The minimum absolute atomic E-state index is 0.0298. The maximum atomic E-state index is 14.0. The summed E-state index contributed by atoms with van der Waals surface area (Å²) in [5.74, 6) is -0.384. The van der Waals surface area contributed by atoms with E-state index in [1.807, 2.05) is 18.2 Å². The summed E-state index contributed by atoms with van der Waals surface area (Å²) in [7, 11) is 0. The Kier molecular flexibility index (Phi) is 4.27. The number of nitrogens with zero attached hydrogens (tertiary/aromatic N) is 2. The van der Waals surface area contributed by atoms with Crippen LogP contribution < -0.4 is 4.90 Å². The highest BCUT2D eigenvalue weighted by atomic mass is 16.2. The SMILES string of the molecule is [2H]c1c([2H])c([2H])c(N(C(=O)C2C(C)(C)C2(C)C)C2CCN(CCc3ccccc3)CC2)c([2H])c1[2H]. The summed E-state index contributed by atoms with van der Waals surface area (Å²) in [6, 6.07) is 8.35. The largest absolute Gasteiger partial charge is 0.309 e. The summed E-state index contributed by atoms with van der Waals surface area (Å²) >= 11 is 0. The zero-order chi connectivity index (χ0) is 25.7. The van der Waals surface area contributed by atoms with E-state index in [0.29, 0.717) is 12.8 Å². The highest BCUT2D eigenvalue weighted by Gasteiger charge is 2.69. The van der Waals surface area contributed by atoms with Gasteiger partial charge in [-0.3, -0.25) is 4.79 Å². The van der Waals surface area contributed by atoms with Gasteiger partial charge in [-0.1, -0.05) is 76.2 Å². The Labute approximate surface area is 189 Å². The number of carbonyl (C=O) groups excluding carboxylic acids is 1. The molecule has 0 atom stereocenters. The van der Waals surface area contributed by atoms with Gasteiger partial charge in [0.05, 0.1) is 6.85 Å². The molecule has 0 radical (unpaired) electrons. The van der Waals surface area contributed by atoms with Gasteiger partial charge in [0.15, 0.2) is 0 Å². The Morgan fingerprint density at radius 2 is 1.63 bits per heavy atom. The van der Waals surface area contributed by atoms with Crippen LogP contribution in [0.4, 0.5) is 5.69 Å². The number of hydrogen-bond acceptors (Lipinski definition) is 2. The molecular weight excluding hydrogens is 368 g/mol. The Morgan fingerprint density at radius 3 is 2.20 bits per heavy atom. The number of carbonyl (C=O) groups is 1. The average molecular weight is 410 g/mol. The molecule has 2 aromatic carbocycles. The number of benzene rings is 2. The second-order valence-corrected chi connectivity index (χ2v) is 9.87. The summed E-state index contributed by atoms with van der Waals surface area (Å²) < 4.78 is 41.5. The first-order chi connectivity index (χ1) is 16.4. The Balaban J connectivity index is 1.60. The van der Waals surface area contributed by atoms with E-state index in [0.717, 1.165) is 26.1 Å². The Morgan fingerprint density at radius 1 is 1.03 bits per heavy atom. The van der Waals surface area contributed by atoms with Crippen LogP contribution in [0.2, 0.25) is 0 Å². The van der Waals surface area contributed by atoms with Crippen LogP contribution in [0.1, 0.15) is 53.0 Å². The number of rotatable bonds is 6. The third kappa shape index (κ3) is 3.92. The van der Waals surface area contributed by atoms with Gasteiger partial charge in [0.25, 0.3) is 0 Å². The van der Waals surface area contributed by atoms with Gasteiger partial charge in [-0.25, -0.2) is 0 Å². The molecule has 2 fully saturated rings. The van der Waals surface area contributed by atoms with E-state index in [1.54, 1.807) is 4.90 Å². The van der Waals surface area contributed by atoms with Gasteiger partial charge in [-0.15, -0.1) is 0 Å². The van der Waals surface area contributed by atoms with Crippen molar-refractivity contribution in [1.29, 1.82) is 0 Å². The van der Waals surface area contributed by atoms with Crippen LogP contribution in [0.5, 0.6) is 0 Å². The minimum Gasteiger partial charge on any atom is -0.309 e. The van der Waals surface area contributed by atoms with Crippen LogP contribution >= 0.6 is 0 Å². The summed E-state index contributed by atoms with van der Waals surface area (Å²) in [4.78, 5) is 18.0. The molecule has 30 heavy (non-hydrogen) atoms. The van der Waals surface area contributed by atoms with E-state index < -0.39 is 18.1 Å². The van der Waals surface area contributed by atoms with Crippen molar-refractivity contribution in [2.24, 2.45) is 16.7 Å². The fraction of sp³-hybridized carbons (Fsp3) is 0.519. The summed E-state index contributed by atoms with van der Waals surface area (Å²) in [6.07, 6.45) is 2.37. The number of para-hydroxylation sites is 1. The molecule has 0 aromatic heterocycles. The molecule has 3 nitrogen and oxygen atoms in total. The lowest BCUT2D eigenvalue weighted by Crippen LogP contribution is -2.49. The molecule has 4 rings (SSSR count). The van der Waals surface area contributed by atoms with Crippen LogP contribution in [0, 0.1) is 16.7 Å². The van der Waals surface area contributed by atoms with Crippen molar-refractivity contribution in [3.05, 3.63) is 66.1 Å². The molecule has 2 aromatic rings. The first-order valence-corrected chi connectivity index (χ1v) is 11.1. The molecule has 0 bridgehead atoms.